The normalized spacial score (nSPS) is 14.6. The van der Waals surface area contributed by atoms with E-state index in [1.807, 2.05) is 0 Å². The fraction of sp³-hybridized carbons (Fsp3) is 0.687. The van der Waals surface area contributed by atoms with Gasteiger partial charge in [0.15, 0.2) is 12.2 Å². The lowest BCUT2D eigenvalue weighted by Crippen LogP contribution is -2.30. The van der Waals surface area contributed by atoms with Gasteiger partial charge in [0.1, 0.15) is 19.3 Å². The van der Waals surface area contributed by atoms with Crippen LogP contribution in [0.5, 0.6) is 0 Å². The molecule has 0 rings (SSSR count). The zero-order chi connectivity index (χ0) is 74.6. The first-order valence-electron chi connectivity index (χ1n) is 39.4. The Labute approximate surface area is 618 Å². The summed E-state index contributed by atoms with van der Waals surface area (Å²) in [5, 5.41) is 10.6. The number of aliphatic hydroxyl groups is 1. The molecule has 102 heavy (non-hydrogen) atoms. The van der Waals surface area contributed by atoms with Gasteiger partial charge in [-0.05, 0) is 135 Å². The summed E-state index contributed by atoms with van der Waals surface area (Å²) in [7, 11) is -9.97. The van der Waals surface area contributed by atoms with Crippen molar-refractivity contribution in [3.8, 4) is 0 Å². The second-order valence-corrected chi connectivity index (χ2v) is 28.8. The molecular weight excluding hydrogens is 1330 g/mol. The number of carbonyl (C=O) groups is 4. The van der Waals surface area contributed by atoms with Crippen LogP contribution in [0.15, 0.2) is 134 Å². The first-order valence-corrected chi connectivity index (χ1v) is 42.4. The van der Waals surface area contributed by atoms with E-state index in [0.717, 1.165) is 186 Å². The minimum absolute atomic E-state index is 0.0379. The Morgan fingerprint density at radius 1 is 0.284 bits per heavy atom. The van der Waals surface area contributed by atoms with Gasteiger partial charge in [-0.15, -0.1) is 0 Å². The van der Waals surface area contributed by atoms with Crippen LogP contribution in [0.4, 0.5) is 0 Å². The lowest BCUT2D eigenvalue weighted by molar-refractivity contribution is -0.161. The average Bonchev–Trinajstić information content (AvgIpc) is 0.926. The van der Waals surface area contributed by atoms with E-state index in [-0.39, 0.29) is 25.7 Å². The van der Waals surface area contributed by atoms with Crippen molar-refractivity contribution in [1.29, 1.82) is 0 Å². The molecule has 0 radical (unpaired) electrons. The molecule has 5 unspecified atom stereocenters. The average molecular weight is 1470 g/mol. The summed E-state index contributed by atoms with van der Waals surface area (Å²) in [6, 6.07) is 0. The standard InChI is InChI=1S/C83H140O17P2/c1-5-9-13-17-21-25-29-32-35-37-38-40-43-45-49-52-56-60-64-68-80(85)93-73-78(99-82(87)69-65-61-57-53-47-28-24-20-16-12-8-4)75-97-101(89,90)95-71-77(84)72-96-102(91,92)98-76-79(100-83(88)70-66-62-58-54-50-46-41-34-31-27-23-19-15-11-7-3)74-94-81(86)67-63-59-55-51-48-44-42-39-36-33-30-26-22-18-14-10-6-2/h9-11,13-15,21-23,25-27,32-36,38,40-41,50,54,77-79,84H,5-8,12,16-20,24,28-31,37,39,42-49,51-53,55-76H2,1-4H3,(H,89,90)(H,91,92)/b13-9-,14-10-,15-11-,25-21-,26-22-,27-23-,35-32-,36-33-,40-38-,41-34-,54-50-. The maximum absolute atomic E-state index is 13.1. The molecule has 0 aromatic carbocycles. The van der Waals surface area contributed by atoms with Crippen molar-refractivity contribution in [3.63, 3.8) is 0 Å². The molecule has 0 bridgehead atoms. The van der Waals surface area contributed by atoms with E-state index in [1.165, 1.54) is 38.5 Å². The predicted octanol–water partition coefficient (Wildman–Crippen LogP) is 22.9. The van der Waals surface area contributed by atoms with Gasteiger partial charge in [0.25, 0.3) is 0 Å². The number of carbonyl (C=O) groups excluding carboxylic acids is 4. The fourth-order valence-electron chi connectivity index (χ4n) is 10.2. The highest BCUT2D eigenvalue weighted by Gasteiger charge is 2.30. The minimum atomic E-state index is -4.99. The van der Waals surface area contributed by atoms with Gasteiger partial charge in [0.2, 0.25) is 0 Å². The Bertz CT molecular complexity index is 2460. The summed E-state index contributed by atoms with van der Waals surface area (Å²) < 4.78 is 68.5. The zero-order valence-electron chi connectivity index (χ0n) is 63.7. The smallest absolute Gasteiger partial charge is 0.462 e. The third kappa shape index (κ3) is 73.5. The van der Waals surface area contributed by atoms with Crippen molar-refractivity contribution < 1.29 is 80.2 Å². The summed E-state index contributed by atoms with van der Waals surface area (Å²) in [6.07, 6.45) is 83.0. The summed E-state index contributed by atoms with van der Waals surface area (Å²) in [5.41, 5.74) is 0. The van der Waals surface area contributed by atoms with Gasteiger partial charge in [0, 0.05) is 25.7 Å². The van der Waals surface area contributed by atoms with Gasteiger partial charge in [-0.2, -0.15) is 0 Å². The van der Waals surface area contributed by atoms with Crippen LogP contribution in [-0.2, 0) is 65.4 Å². The lowest BCUT2D eigenvalue weighted by atomic mass is 10.1. The van der Waals surface area contributed by atoms with E-state index in [2.05, 4.69) is 161 Å². The number of aliphatic hydroxyl groups excluding tert-OH is 1. The second-order valence-electron chi connectivity index (χ2n) is 25.9. The number of hydrogen-bond acceptors (Lipinski definition) is 15. The molecule has 0 fully saturated rings. The van der Waals surface area contributed by atoms with Gasteiger partial charge in [-0.1, -0.05) is 283 Å². The van der Waals surface area contributed by atoms with Crippen molar-refractivity contribution in [1.82, 2.24) is 0 Å². The van der Waals surface area contributed by atoms with Crippen molar-refractivity contribution in [3.05, 3.63) is 134 Å². The van der Waals surface area contributed by atoms with Gasteiger partial charge in [-0.3, -0.25) is 37.3 Å². The molecular formula is C83H140O17P2. The Balaban J connectivity index is 5.36. The Kier molecular flexibility index (Phi) is 71.0. The van der Waals surface area contributed by atoms with Crippen LogP contribution in [0, 0.1) is 0 Å². The number of unbranched alkanes of at least 4 members (excludes halogenated alkanes) is 25. The SMILES string of the molecule is CC/C=C\C/C=C\C/C=C\C/C=C\CCCCCCCCC(=O)OCC(COP(=O)(O)OCC(O)COP(=O)(O)OCC(COC(=O)CCCCCCCCC/C=C\C/C=C\C/C=C\CC)OC(=O)CCCC/C=C\C/C=C\C/C=C\C/C=C\CC)OC(=O)CCCCCCCCCCCCC. The quantitative estimate of drug-likeness (QED) is 0.0169. The van der Waals surface area contributed by atoms with E-state index in [4.69, 9.17) is 37.0 Å². The van der Waals surface area contributed by atoms with Crippen LogP contribution in [0.1, 0.15) is 310 Å². The van der Waals surface area contributed by atoms with Gasteiger partial charge in [-0.25, -0.2) is 9.13 Å². The van der Waals surface area contributed by atoms with E-state index < -0.39 is 97.5 Å². The molecule has 0 spiro atoms. The molecule has 0 aliphatic carbocycles. The van der Waals surface area contributed by atoms with Gasteiger partial charge in [0.05, 0.1) is 26.4 Å². The monoisotopic (exact) mass is 1470 g/mol. The van der Waals surface area contributed by atoms with Gasteiger partial charge >= 0.3 is 39.5 Å². The second kappa shape index (κ2) is 74.5. The highest BCUT2D eigenvalue weighted by molar-refractivity contribution is 7.47. The van der Waals surface area contributed by atoms with Crippen molar-refractivity contribution in [2.45, 2.75) is 329 Å². The molecule has 0 aromatic rings. The number of ether oxygens (including phenoxy) is 4. The summed E-state index contributed by atoms with van der Waals surface area (Å²) in [4.78, 5) is 72.9. The number of hydrogen-bond donors (Lipinski definition) is 3. The van der Waals surface area contributed by atoms with Crippen LogP contribution < -0.4 is 0 Å². The lowest BCUT2D eigenvalue weighted by Gasteiger charge is -2.21. The minimum Gasteiger partial charge on any atom is -0.462 e. The molecule has 19 heteroatoms. The maximum Gasteiger partial charge on any atom is 0.472 e. The van der Waals surface area contributed by atoms with Crippen LogP contribution in [0.2, 0.25) is 0 Å². The predicted molar refractivity (Wildman–Crippen MR) is 418 cm³/mol. The maximum atomic E-state index is 13.1. The first-order chi connectivity index (χ1) is 49.7. The van der Waals surface area contributed by atoms with Crippen LogP contribution in [0.3, 0.4) is 0 Å². The largest absolute Gasteiger partial charge is 0.472 e. The molecule has 0 saturated carbocycles. The Morgan fingerprint density at radius 2 is 0.510 bits per heavy atom. The fourth-order valence-corrected chi connectivity index (χ4v) is 11.8. The molecule has 0 aliphatic heterocycles. The third-order valence-electron chi connectivity index (χ3n) is 16.1. The summed E-state index contributed by atoms with van der Waals surface area (Å²) in [5.74, 6) is -2.24. The summed E-state index contributed by atoms with van der Waals surface area (Å²) >= 11 is 0. The highest BCUT2D eigenvalue weighted by atomic mass is 31.2. The van der Waals surface area contributed by atoms with E-state index >= 15 is 0 Å². The number of esters is 4. The van der Waals surface area contributed by atoms with Crippen LogP contribution in [-0.4, -0.2) is 96.7 Å². The molecule has 584 valence electrons. The van der Waals surface area contributed by atoms with Crippen LogP contribution in [0.25, 0.3) is 0 Å². The van der Waals surface area contributed by atoms with E-state index in [9.17, 15) is 43.2 Å². The highest BCUT2D eigenvalue weighted by Crippen LogP contribution is 2.45. The molecule has 5 atom stereocenters. The van der Waals surface area contributed by atoms with Crippen molar-refractivity contribution >= 4 is 39.5 Å². The summed E-state index contributed by atoms with van der Waals surface area (Å²) in [6.45, 7) is 4.47. The van der Waals surface area contributed by atoms with E-state index in [1.54, 1.807) is 0 Å². The molecule has 0 aromatic heterocycles. The van der Waals surface area contributed by atoms with Gasteiger partial charge < -0.3 is 33.8 Å². The van der Waals surface area contributed by atoms with Crippen molar-refractivity contribution in [2.75, 3.05) is 39.6 Å². The zero-order valence-corrected chi connectivity index (χ0v) is 65.5. The Hall–Kier alpha value is -4.80. The number of rotatable bonds is 73. The molecule has 17 nitrogen and oxygen atoms in total. The number of allylic oxidation sites excluding steroid dienone is 22. The van der Waals surface area contributed by atoms with E-state index in [0.29, 0.717) is 32.1 Å². The Morgan fingerprint density at radius 3 is 0.804 bits per heavy atom. The number of phosphoric acid groups is 2. The molecule has 0 saturated heterocycles. The molecule has 0 heterocycles. The topological polar surface area (TPSA) is 237 Å². The van der Waals surface area contributed by atoms with Crippen LogP contribution >= 0.6 is 15.6 Å². The molecule has 0 amide bonds. The third-order valence-corrected chi connectivity index (χ3v) is 18.0. The molecule has 0 aliphatic rings. The van der Waals surface area contributed by atoms with Crippen molar-refractivity contribution in [2.24, 2.45) is 0 Å². The number of phosphoric ester groups is 2. The first kappa shape index (κ1) is 97.2. The molecule has 3 N–H and O–H groups in total.